The minimum absolute atomic E-state index is 0.00268. The highest BCUT2D eigenvalue weighted by Crippen LogP contribution is 2.35. The Balaban J connectivity index is 1.37. The third-order valence-electron chi connectivity index (χ3n) is 4.91. The summed E-state index contributed by atoms with van der Waals surface area (Å²) in [5.74, 6) is -0.536. The summed E-state index contributed by atoms with van der Waals surface area (Å²) in [6.07, 6.45) is 2.09. The largest absolute Gasteiger partial charge is 0.456 e. The molecular formula is C22H19Cl2N3O4. The number of rotatable bonds is 7. The van der Waals surface area contributed by atoms with Crippen molar-refractivity contribution in [1.29, 1.82) is 0 Å². The Bertz CT molecular complexity index is 1220. The zero-order chi connectivity index (χ0) is 22.0. The number of hydrogen-bond donors (Lipinski definition) is 1. The molecule has 7 nitrogen and oxygen atoms in total. The molecule has 1 saturated carbocycles. The Labute approximate surface area is 187 Å². The monoisotopic (exact) mass is 459 g/mol. The third kappa shape index (κ3) is 5.06. The normalized spacial score (nSPS) is 13.2. The van der Waals surface area contributed by atoms with Gasteiger partial charge in [0.1, 0.15) is 5.82 Å². The van der Waals surface area contributed by atoms with Crippen molar-refractivity contribution >= 4 is 51.7 Å². The average molecular weight is 460 g/mol. The molecule has 3 aromatic rings. The van der Waals surface area contributed by atoms with Crippen LogP contribution in [0.2, 0.25) is 10.0 Å². The van der Waals surface area contributed by atoms with Crippen molar-refractivity contribution in [2.24, 2.45) is 0 Å². The molecule has 1 heterocycles. The van der Waals surface area contributed by atoms with Gasteiger partial charge in [-0.1, -0.05) is 35.3 Å². The van der Waals surface area contributed by atoms with Crippen molar-refractivity contribution in [2.75, 3.05) is 11.9 Å². The molecule has 1 N–H and O–H groups in total. The number of ether oxygens (including phenoxy) is 1. The maximum atomic E-state index is 12.8. The summed E-state index contributed by atoms with van der Waals surface area (Å²) in [5, 5.41) is 3.86. The summed E-state index contributed by atoms with van der Waals surface area (Å²) in [4.78, 5) is 41.7. The predicted molar refractivity (Wildman–Crippen MR) is 119 cm³/mol. The van der Waals surface area contributed by atoms with Crippen LogP contribution in [0.15, 0.2) is 47.3 Å². The summed E-state index contributed by atoms with van der Waals surface area (Å²) < 4.78 is 6.74. The fraction of sp³-hybridized carbons (Fsp3) is 0.273. The van der Waals surface area contributed by atoms with E-state index in [9.17, 15) is 14.4 Å². The predicted octanol–water partition coefficient (Wildman–Crippen LogP) is 4.15. The van der Waals surface area contributed by atoms with Crippen LogP contribution in [0, 0.1) is 0 Å². The molecule has 1 amide bonds. The molecule has 0 atom stereocenters. The van der Waals surface area contributed by atoms with Crippen LogP contribution in [0.4, 0.5) is 5.69 Å². The van der Waals surface area contributed by atoms with Gasteiger partial charge in [-0.25, -0.2) is 4.98 Å². The fourth-order valence-electron chi connectivity index (χ4n) is 3.29. The number of halogens is 2. The number of hydrogen-bond acceptors (Lipinski definition) is 5. The molecule has 0 spiro atoms. The fourth-order valence-corrected chi connectivity index (χ4v) is 3.63. The molecule has 4 rings (SSSR count). The molecule has 0 bridgehead atoms. The van der Waals surface area contributed by atoms with E-state index < -0.39 is 18.5 Å². The van der Waals surface area contributed by atoms with Crippen LogP contribution in [-0.4, -0.2) is 28.0 Å². The van der Waals surface area contributed by atoms with Gasteiger partial charge < -0.3 is 10.1 Å². The van der Waals surface area contributed by atoms with Gasteiger partial charge in [-0.2, -0.15) is 0 Å². The highest BCUT2D eigenvalue weighted by atomic mass is 35.5. The van der Waals surface area contributed by atoms with Gasteiger partial charge in [0.15, 0.2) is 6.61 Å². The van der Waals surface area contributed by atoms with Crippen LogP contribution in [0.25, 0.3) is 10.9 Å². The van der Waals surface area contributed by atoms with E-state index in [0.29, 0.717) is 32.5 Å². The van der Waals surface area contributed by atoms with Crippen molar-refractivity contribution in [3.63, 3.8) is 0 Å². The quantitative estimate of drug-likeness (QED) is 0.535. The van der Waals surface area contributed by atoms with Crippen molar-refractivity contribution in [2.45, 2.75) is 31.7 Å². The third-order valence-corrected chi connectivity index (χ3v) is 5.48. The minimum Gasteiger partial charge on any atom is -0.456 e. The van der Waals surface area contributed by atoms with Gasteiger partial charge in [0, 0.05) is 17.5 Å². The van der Waals surface area contributed by atoms with Crippen molar-refractivity contribution in [3.8, 4) is 0 Å². The van der Waals surface area contributed by atoms with Crippen LogP contribution in [0.1, 0.15) is 31.1 Å². The number of aryl methyl sites for hydroxylation is 1. The first-order chi connectivity index (χ1) is 14.9. The van der Waals surface area contributed by atoms with Gasteiger partial charge >= 0.3 is 5.97 Å². The second-order valence-corrected chi connectivity index (χ2v) is 8.13. The molecule has 1 aliphatic rings. The number of fused-ring (bicyclic) bond motifs is 1. The highest BCUT2D eigenvalue weighted by Gasteiger charge is 2.28. The lowest BCUT2D eigenvalue weighted by Crippen LogP contribution is -2.26. The minimum atomic E-state index is -0.558. The van der Waals surface area contributed by atoms with E-state index in [4.69, 9.17) is 27.9 Å². The van der Waals surface area contributed by atoms with Gasteiger partial charge in [-0.3, -0.25) is 19.0 Å². The molecule has 160 valence electrons. The molecule has 31 heavy (non-hydrogen) atoms. The molecule has 0 unspecified atom stereocenters. The van der Waals surface area contributed by atoms with E-state index in [1.165, 1.54) is 6.07 Å². The topological polar surface area (TPSA) is 90.3 Å². The van der Waals surface area contributed by atoms with Crippen LogP contribution in [0.3, 0.4) is 0 Å². The van der Waals surface area contributed by atoms with Gasteiger partial charge in [0.25, 0.3) is 11.5 Å². The maximum Gasteiger partial charge on any atom is 0.306 e. The summed E-state index contributed by atoms with van der Waals surface area (Å²) in [5.41, 5.74) is 0.851. The van der Waals surface area contributed by atoms with Crippen LogP contribution >= 0.6 is 23.2 Å². The number of nitrogens with zero attached hydrogens (tertiary/aromatic N) is 2. The van der Waals surface area contributed by atoms with E-state index in [2.05, 4.69) is 10.3 Å². The van der Waals surface area contributed by atoms with E-state index in [1.807, 2.05) is 6.07 Å². The van der Waals surface area contributed by atoms with Crippen molar-refractivity contribution in [1.82, 2.24) is 9.55 Å². The Kier molecular flexibility index (Phi) is 6.25. The summed E-state index contributed by atoms with van der Waals surface area (Å²) in [7, 11) is 0. The van der Waals surface area contributed by atoms with E-state index in [1.54, 1.807) is 34.9 Å². The zero-order valence-corrected chi connectivity index (χ0v) is 17.9. The molecule has 0 radical (unpaired) electrons. The van der Waals surface area contributed by atoms with Crippen LogP contribution in [0.5, 0.6) is 0 Å². The number of benzene rings is 2. The Morgan fingerprint density at radius 2 is 1.94 bits per heavy atom. The van der Waals surface area contributed by atoms with Crippen LogP contribution < -0.4 is 10.9 Å². The number of aromatic nitrogens is 2. The Morgan fingerprint density at radius 3 is 2.71 bits per heavy atom. The lowest BCUT2D eigenvalue weighted by molar-refractivity contribution is -0.147. The first kappa shape index (κ1) is 21.3. The first-order valence-corrected chi connectivity index (χ1v) is 10.6. The first-order valence-electron chi connectivity index (χ1n) is 9.83. The number of para-hydroxylation sites is 1. The molecule has 1 fully saturated rings. The summed E-state index contributed by atoms with van der Waals surface area (Å²) in [6, 6.07) is 12.0. The van der Waals surface area contributed by atoms with E-state index in [0.717, 1.165) is 12.8 Å². The van der Waals surface area contributed by atoms with E-state index >= 15 is 0 Å². The second-order valence-electron chi connectivity index (χ2n) is 7.28. The second kappa shape index (κ2) is 9.08. The number of amides is 1. The summed E-state index contributed by atoms with van der Waals surface area (Å²) in [6.45, 7) is -0.456. The standard InChI is InChI=1S/C22H19Cl2N3O4/c23-13-5-8-16(24)18(11-13)26-20(28)12-31-21(29)10-9-19-25-17-4-2-1-3-15(17)22(30)27(19)14-6-7-14/h1-5,8,11,14H,6-7,9-10,12H2,(H,26,28). The SMILES string of the molecule is O=C(COC(=O)CCc1nc2ccccc2c(=O)n1C1CC1)Nc1cc(Cl)ccc1Cl. The van der Waals surface area contributed by atoms with Gasteiger partial charge in [-0.05, 0) is 43.2 Å². The highest BCUT2D eigenvalue weighted by molar-refractivity contribution is 6.35. The molecule has 0 saturated heterocycles. The number of nitrogens with one attached hydrogen (secondary N) is 1. The Hall–Kier alpha value is -2.90. The maximum absolute atomic E-state index is 12.8. The van der Waals surface area contributed by atoms with Gasteiger partial charge in [0.05, 0.1) is 28.0 Å². The van der Waals surface area contributed by atoms with Gasteiger partial charge in [-0.15, -0.1) is 0 Å². The molecule has 9 heteroatoms. The van der Waals surface area contributed by atoms with Crippen molar-refractivity contribution in [3.05, 3.63) is 68.7 Å². The Morgan fingerprint density at radius 1 is 1.16 bits per heavy atom. The van der Waals surface area contributed by atoms with Gasteiger partial charge in [0.2, 0.25) is 0 Å². The average Bonchev–Trinajstić information content (AvgIpc) is 3.58. The molecule has 1 aliphatic carbocycles. The van der Waals surface area contributed by atoms with Crippen molar-refractivity contribution < 1.29 is 14.3 Å². The lowest BCUT2D eigenvalue weighted by atomic mass is 10.2. The zero-order valence-electron chi connectivity index (χ0n) is 16.4. The number of esters is 1. The van der Waals surface area contributed by atoms with Crippen LogP contribution in [-0.2, 0) is 20.7 Å². The number of carbonyl (C=O) groups excluding carboxylic acids is 2. The summed E-state index contributed by atoms with van der Waals surface area (Å²) >= 11 is 11.9. The molecule has 0 aliphatic heterocycles. The molecule has 2 aromatic carbocycles. The molecule has 1 aromatic heterocycles. The smallest absolute Gasteiger partial charge is 0.306 e. The molecular weight excluding hydrogens is 441 g/mol. The number of anilines is 1. The van der Waals surface area contributed by atoms with E-state index in [-0.39, 0.29) is 24.4 Å². The lowest BCUT2D eigenvalue weighted by Gasteiger charge is -2.13. The number of carbonyl (C=O) groups is 2.